The highest BCUT2D eigenvalue weighted by Crippen LogP contribution is 2.26. The van der Waals surface area contributed by atoms with Crippen LogP contribution in [-0.4, -0.2) is 6.04 Å². The molecule has 0 radical (unpaired) electrons. The van der Waals surface area contributed by atoms with Gasteiger partial charge in [0.2, 0.25) is 0 Å². The summed E-state index contributed by atoms with van der Waals surface area (Å²) in [4.78, 5) is 0. The largest absolute Gasteiger partial charge is 0.307 e. The first-order valence-electron chi connectivity index (χ1n) is 7.31. The molecule has 20 heavy (non-hydrogen) atoms. The average molecular weight is 330 g/mol. The Hall–Kier alpha value is -1.12. The van der Waals surface area contributed by atoms with Gasteiger partial charge in [-0.3, -0.25) is 0 Å². The van der Waals surface area contributed by atoms with E-state index >= 15 is 0 Å². The van der Waals surface area contributed by atoms with Crippen molar-refractivity contribution in [2.45, 2.75) is 38.3 Å². The Morgan fingerprint density at radius 2 is 1.75 bits per heavy atom. The molecule has 2 aromatic rings. The van der Waals surface area contributed by atoms with Gasteiger partial charge in [-0.15, -0.1) is 0 Å². The van der Waals surface area contributed by atoms with E-state index in [9.17, 15) is 0 Å². The van der Waals surface area contributed by atoms with Crippen LogP contribution in [0.25, 0.3) is 0 Å². The van der Waals surface area contributed by atoms with Crippen molar-refractivity contribution in [3.63, 3.8) is 0 Å². The molecule has 0 aliphatic heterocycles. The quantitative estimate of drug-likeness (QED) is 0.863. The molecule has 2 heteroatoms. The second kappa shape index (κ2) is 6.11. The molecule has 3 rings (SSSR count). The van der Waals surface area contributed by atoms with E-state index in [4.69, 9.17) is 0 Å². The zero-order chi connectivity index (χ0) is 13.9. The third-order valence-electron chi connectivity index (χ3n) is 4.20. The van der Waals surface area contributed by atoms with Crippen molar-refractivity contribution in [3.8, 4) is 0 Å². The Kier molecular flexibility index (Phi) is 4.23. The van der Waals surface area contributed by atoms with Crippen LogP contribution in [0.1, 0.15) is 36.1 Å². The van der Waals surface area contributed by atoms with Crippen LogP contribution in [0.5, 0.6) is 0 Å². The van der Waals surface area contributed by atoms with E-state index < -0.39 is 0 Å². The molecule has 1 aliphatic carbocycles. The molecular weight excluding hydrogens is 310 g/mol. The number of benzene rings is 2. The Morgan fingerprint density at radius 1 is 1.05 bits per heavy atom. The van der Waals surface area contributed by atoms with Crippen LogP contribution in [-0.2, 0) is 12.8 Å². The van der Waals surface area contributed by atoms with Gasteiger partial charge < -0.3 is 5.32 Å². The summed E-state index contributed by atoms with van der Waals surface area (Å²) < 4.78 is 1.19. The normalized spacial score (nSPS) is 19.4. The molecule has 1 aliphatic rings. The number of fused-ring (bicyclic) bond motifs is 1. The topological polar surface area (TPSA) is 12.0 Å². The van der Waals surface area contributed by atoms with Crippen molar-refractivity contribution >= 4 is 15.9 Å². The van der Waals surface area contributed by atoms with Crippen molar-refractivity contribution in [2.24, 2.45) is 0 Å². The predicted molar refractivity (Wildman–Crippen MR) is 87.9 cm³/mol. The van der Waals surface area contributed by atoms with Gasteiger partial charge in [-0.25, -0.2) is 0 Å². The molecule has 0 bridgehead atoms. The van der Waals surface area contributed by atoms with Gasteiger partial charge in [0.25, 0.3) is 0 Å². The molecule has 0 aromatic heterocycles. The van der Waals surface area contributed by atoms with Gasteiger partial charge in [0.15, 0.2) is 0 Å². The second-order valence-corrected chi connectivity index (χ2v) is 6.47. The van der Waals surface area contributed by atoms with Crippen LogP contribution < -0.4 is 5.32 Å². The molecule has 0 saturated carbocycles. The van der Waals surface area contributed by atoms with E-state index in [1.54, 1.807) is 0 Å². The van der Waals surface area contributed by atoms with Crippen molar-refractivity contribution in [3.05, 3.63) is 69.7 Å². The average Bonchev–Trinajstić information content (AvgIpc) is 2.47. The van der Waals surface area contributed by atoms with Crippen LogP contribution in [0.2, 0.25) is 0 Å². The number of hydrogen-bond donors (Lipinski definition) is 1. The molecule has 0 heterocycles. The van der Waals surface area contributed by atoms with E-state index in [-0.39, 0.29) is 0 Å². The van der Waals surface area contributed by atoms with Crippen LogP contribution in [0, 0.1) is 0 Å². The lowest BCUT2D eigenvalue weighted by molar-refractivity contribution is 0.413. The molecular formula is C18H20BrN. The van der Waals surface area contributed by atoms with Crippen molar-refractivity contribution in [1.29, 1.82) is 0 Å². The number of hydrogen-bond acceptors (Lipinski definition) is 1. The zero-order valence-electron chi connectivity index (χ0n) is 11.8. The third kappa shape index (κ3) is 2.97. The monoisotopic (exact) mass is 329 g/mol. The molecule has 1 N–H and O–H groups in total. The van der Waals surface area contributed by atoms with E-state index in [2.05, 4.69) is 76.7 Å². The highest BCUT2D eigenvalue weighted by atomic mass is 79.9. The lowest BCUT2D eigenvalue weighted by Gasteiger charge is -2.29. The Balaban J connectivity index is 1.69. The third-order valence-corrected chi connectivity index (χ3v) is 4.93. The van der Waals surface area contributed by atoms with E-state index in [0.717, 1.165) is 6.42 Å². The fourth-order valence-electron chi connectivity index (χ4n) is 3.11. The molecule has 0 amide bonds. The molecule has 1 nitrogen and oxygen atoms in total. The minimum Gasteiger partial charge on any atom is -0.307 e. The van der Waals surface area contributed by atoms with Crippen LogP contribution in [0.4, 0.5) is 0 Å². The second-order valence-electron chi connectivity index (χ2n) is 5.62. The molecule has 1 unspecified atom stereocenters. The van der Waals surface area contributed by atoms with E-state index in [1.165, 1.54) is 34.0 Å². The molecule has 2 aromatic carbocycles. The fraction of sp³-hybridized carbons (Fsp3) is 0.333. The first-order valence-corrected chi connectivity index (χ1v) is 8.10. The van der Waals surface area contributed by atoms with Crippen LogP contribution >= 0.6 is 15.9 Å². The highest BCUT2D eigenvalue weighted by molar-refractivity contribution is 9.10. The molecule has 2 atom stereocenters. The van der Waals surface area contributed by atoms with Gasteiger partial charge in [-0.2, -0.15) is 0 Å². The SMILES string of the molecule is C[C@@H](NC1CCc2ccccc2C1)c1ccccc1Br. The lowest BCUT2D eigenvalue weighted by atomic mass is 9.88. The maximum atomic E-state index is 3.79. The minimum absolute atomic E-state index is 0.376. The Bertz CT molecular complexity index is 593. The van der Waals surface area contributed by atoms with Crippen molar-refractivity contribution in [2.75, 3.05) is 0 Å². The summed E-state index contributed by atoms with van der Waals surface area (Å²) in [5.41, 5.74) is 4.38. The standard InChI is InChI=1S/C18H20BrN/c1-13(17-8-4-5-9-18(17)19)20-16-11-10-14-6-2-3-7-15(14)12-16/h2-9,13,16,20H,10-12H2,1H3/t13-,16?/m1/s1. The minimum atomic E-state index is 0.376. The summed E-state index contributed by atoms with van der Waals surface area (Å²) in [6, 6.07) is 18.3. The number of aryl methyl sites for hydroxylation is 1. The fourth-order valence-corrected chi connectivity index (χ4v) is 3.74. The van der Waals surface area contributed by atoms with E-state index in [1.807, 2.05) is 0 Å². The summed E-state index contributed by atoms with van der Waals surface area (Å²) >= 11 is 3.65. The first-order chi connectivity index (χ1) is 9.74. The number of rotatable bonds is 3. The summed E-state index contributed by atoms with van der Waals surface area (Å²) in [6.45, 7) is 2.25. The van der Waals surface area contributed by atoms with Crippen LogP contribution in [0.3, 0.4) is 0 Å². The van der Waals surface area contributed by atoms with Crippen LogP contribution in [0.15, 0.2) is 53.0 Å². The molecule has 104 valence electrons. The maximum absolute atomic E-state index is 3.79. The summed E-state index contributed by atoms with van der Waals surface area (Å²) in [7, 11) is 0. The lowest BCUT2D eigenvalue weighted by Crippen LogP contribution is -2.36. The molecule has 0 spiro atoms. The number of halogens is 1. The zero-order valence-corrected chi connectivity index (χ0v) is 13.4. The van der Waals surface area contributed by atoms with Gasteiger partial charge >= 0.3 is 0 Å². The van der Waals surface area contributed by atoms with Crippen molar-refractivity contribution in [1.82, 2.24) is 5.32 Å². The van der Waals surface area contributed by atoms with E-state index in [0.29, 0.717) is 12.1 Å². The van der Waals surface area contributed by atoms with Crippen molar-refractivity contribution < 1.29 is 0 Å². The summed E-state index contributed by atoms with van der Waals surface area (Å²) in [5.74, 6) is 0. The Labute approximate surface area is 129 Å². The van der Waals surface area contributed by atoms with Gasteiger partial charge in [-0.05, 0) is 48.9 Å². The van der Waals surface area contributed by atoms with Gasteiger partial charge in [0.05, 0.1) is 0 Å². The predicted octanol–water partition coefficient (Wildman–Crippen LogP) is 4.66. The molecule has 0 saturated heterocycles. The number of nitrogens with one attached hydrogen (secondary N) is 1. The summed E-state index contributed by atoms with van der Waals surface area (Å²) in [6.07, 6.45) is 3.56. The maximum Gasteiger partial charge on any atom is 0.0305 e. The highest BCUT2D eigenvalue weighted by Gasteiger charge is 2.20. The molecule has 0 fully saturated rings. The smallest absolute Gasteiger partial charge is 0.0305 e. The Morgan fingerprint density at radius 3 is 2.55 bits per heavy atom. The van der Waals surface area contributed by atoms with Gasteiger partial charge in [0.1, 0.15) is 0 Å². The van der Waals surface area contributed by atoms with Gasteiger partial charge in [-0.1, -0.05) is 58.4 Å². The summed E-state index contributed by atoms with van der Waals surface area (Å²) in [5, 5.41) is 3.79. The first kappa shape index (κ1) is 13.8. The van der Waals surface area contributed by atoms with Gasteiger partial charge in [0, 0.05) is 16.6 Å².